The van der Waals surface area contributed by atoms with Gasteiger partial charge in [-0.2, -0.15) is 0 Å². The number of nitrogens with zero attached hydrogens (tertiary/aromatic N) is 1. The maximum absolute atomic E-state index is 12.2. The molecule has 0 aliphatic carbocycles. The summed E-state index contributed by atoms with van der Waals surface area (Å²) in [5, 5.41) is 9.35. The van der Waals surface area contributed by atoms with Crippen molar-refractivity contribution in [2.45, 2.75) is 45.2 Å². The van der Waals surface area contributed by atoms with Crippen molar-refractivity contribution >= 4 is 17.2 Å². The molecular formula is C13H21N3OS. The molecule has 0 bridgehead atoms. The van der Waals surface area contributed by atoms with Crippen LogP contribution < -0.4 is 10.6 Å². The number of piperidine rings is 1. The first kappa shape index (κ1) is 13.5. The van der Waals surface area contributed by atoms with Crippen LogP contribution in [0.2, 0.25) is 0 Å². The molecule has 18 heavy (non-hydrogen) atoms. The highest BCUT2D eigenvalue weighted by Gasteiger charge is 2.26. The van der Waals surface area contributed by atoms with Crippen LogP contribution in [0, 0.1) is 5.92 Å². The largest absolute Gasteiger partial charge is 0.346 e. The van der Waals surface area contributed by atoms with Gasteiger partial charge >= 0.3 is 0 Å². The van der Waals surface area contributed by atoms with E-state index in [-0.39, 0.29) is 18.0 Å². The Balaban J connectivity index is 1.93. The molecule has 0 saturated carbocycles. The van der Waals surface area contributed by atoms with Gasteiger partial charge in [0.2, 0.25) is 5.91 Å². The van der Waals surface area contributed by atoms with E-state index in [9.17, 15) is 4.79 Å². The van der Waals surface area contributed by atoms with Crippen molar-refractivity contribution in [3.05, 3.63) is 16.6 Å². The van der Waals surface area contributed by atoms with Crippen molar-refractivity contribution < 1.29 is 4.79 Å². The number of hydrogen-bond acceptors (Lipinski definition) is 4. The number of hydrogen-bond donors (Lipinski definition) is 2. The normalized spacial score (nSPS) is 25.7. The van der Waals surface area contributed by atoms with Crippen molar-refractivity contribution in [1.29, 1.82) is 0 Å². The van der Waals surface area contributed by atoms with E-state index in [0.29, 0.717) is 5.92 Å². The molecular weight excluding hydrogens is 246 g/mol. The van der Waals surface area contributed by atoms with Gasteiger partial charge in [-0.15, -0.1) is 11.3 Å². The molecule has 2 rings (SSSR count). The molecule has 100 valence electrons. The van der Waals surface area contributed by atoms with Gasteiger partial charge in [-0.05, 0) is 31.7 Å². The summed E-state index contributed by atoms with van der Waals surface area (Å²) < 4.78 is 0. The van der Waals surface area contributed by atoms with E-state index in [1.165, 1.54) is 0 Å². The highest BCUT2D eigenvalue weighted by atomic mass is 32.1. The van der Waals surface area contributed by atoms with E-state index in [0.717, 1.165) is 30.8 Å². The third-order valence-corrected chi connectivity index (χ3v) is 4.35. The average molecular weight is 267 g/mol. The second-order valence-electron chi connectivity index (χ2n) is 4.98. The van der Waals surface area contributed by atoms with Crippen LogP contribution in [0.5, 0.6) is 0 Å². The molecule has 1 aliphatic rings. The zero-order valence-corrected chi connectivity index (χ0v) is 11.8. The predicted molar refractivity (Wildman–Crippen MR) is 73.5 cm³/mol. The summed E-state index contributed by atoms with van der Waals surface area (Å²) in [6, 6.07) is 0.0132. The topological polar surface area (TPSA) is 54.0 Å². The highest BCUT2D eigenvalue weighted by molar-refractivity contribution is 7.09. The summed E-state index contributed by atoms with van der Waals surface area (Å²) in [6.45, 7) is 5.22. The van der Waals surface area contributed by atoms with Crippen molar-refractivity contribution in [1.82, 2.24) is 15.6 Å². The molecule has 0 aromatic carbocycles. The van der Waals surface area contributed by atoms with Crippen molar-refractivity contribution in [2.75, 3.05) is 6.54 Å². The van der Waals surface area contributed by atoms with Crippen LogP contribution in [0.25, 0.3) is 0 Å². The molecule has 1 saturated heterocycles. The zero-order valence-electron chi connectivity index (χ0n) is 11.0. The Hall–Kier alpha value is -0.940. The Labute approximate surface area is 112 Å². The van der Waals surface area contributed by atoms with Gasteiger partial charge in [0.1, 0.15) is 5.01 Å². The quantitative estimate of drug-likeness (QED) is 0.878. The maximum Gasteiger partial charge on any atom is 0.237 e. The van der Waals surface area contributed by atoms with Gasteiger partial charge in [-0.3, -0.25) is 4.79 Å². The summed E-state index contributed by atoms with van der Waals surface area (Å²) >= 11 is 1.60. The highest BCUT2D eigenvalue weighted by Crippen LogP contribution is 2.20. The Morgan fingerprint density at radius 2 is 2.56 bits per heavy atom. The summed E-state index contributed by atoms with van der Waals surface area (Å²) in [5.41, 5.74) is 0. The molecule has 1 amide bonds. The van der Waals surface area contributed by atoms with E-state index in [2.05, 4.69) is 29.5 Å². The molecule has 3 unspecified atom stereocenters. The molecule has 2 N–H and O–H groups in total. The molecule has 1 aliphatic heterocycles. The minimum absolute atomic E-state index is 0.0391. The summed E-state index contributed by atoms with van der Waals surface area (Å²) in [7, 11) is 0. The Bertz CT molecular complexity index is 380. The molecule has 4 nitrogen and oxygen atoms in total. The number of thiazole rings is 1. The fourth-order valence-electron chi connectivity index (χ4n) is 2.32. The van der Waals surface area contributed by atoms with Crippen LogP contribution in [-0.4, -0.2) is 23.5 Å². The average Bonchev–Trinajstić information content (AvgIpc) is 2.89. The Morgan fingerprint density at radius 1 is 1.72 bits per heavy atom. The van der Waals surface area contributed by atoms with Gasteiger partial charge in [0.15, 0.2) is 0 Å². The van der Waals surface area contributed by atoms with E-state index < -0.39 is 0 Å². The number of nitrogens with one attached hydrogen (secondary N) is 2. The van der Waals surface area contributed by atoms with E-state index in [4.69, 9.17) is 0 Å². The molecule has 2 heterocycles. The monoisotopic (exact) mass is 267 g/mol. The van der Waals surface area contributed by atoms with Gasteiger partial charge in [0.25, 0.3) is 0 Å². The number of aromatic nitrogens is 1. The van der Waals surface area contributed by atoms with E-state index in [1.807, 2.05) is 5.38 Å². The molecule has 3 atom stereocenters. The van der Waals surface area contributed by atoms with Gasteiger partial charge in [-0.25, -0.2) is 4.98 Å². The van der Waals surface area contributed by atoms with E-state index in [1.54, 1.807) is 17.5 Å². The Morgan fingerprint density at radius 3 is 3.17 bits per heavy atom. The lowest BCUT2D eigenvalue weighted by Gasteiger charge is -2.28. The van der Waals surface area contributed by atoms with Crippen molar-refractivity contribution in [3.63, 3.8) is 0 Å². The second-order valence-corrected chi connectivity index (χ2v) is 5.90. The third-order valence-electron chi connectivity index (χ3n) is 3.46. The summed E-state index contributed by atoms with van der Waals surface area (Å²) in [6.07, 6.45) is 4.75. The van der Waals surface area contributed by atoms with Crippen LogP contribution in [-0.2, 0) is 4.79 Å². The van der Waals surface area contributed by atoms with Crippen LogP contribution in [0.1, 0.15) is 44.2 Å². The van der Waals surface area contributed by atoms with Crippen molar-refractivity contribution in [2.24, 2.45) is 5.92 Å². The fourth-order valence-corrected chi connectivity index (χ4v) is 3.10. The first-order valence-corrected chi connectivity index (χ1v) is 7.51. The Kier molecular flexibility index (Phi) is 4.72. The lowest BCUT2D eigenvalue weighted by atomic mass is 9.94. The fraction of sp³-hybridized carbons (Fsp3) is 0.692. The molecule has 5 heteroatoms. The van der Waals surface area contributed by atoms with Gasteiger partial charge in [0.05, 0.1) is 12.1 Å². The smallest absolute Gasteiger partial charge is 0.237 e. The molecule has 0 spiro atoms. The van der Waals surface area contributed by atoms with Crippen LogP contribution in [0.4, 0.5) is 0 Å². The summed E-state index contributed by atoms with van der Waals surface area (Å²) in [5.74, 6) is 0.741. The van der Waals surface area contributed by atoms with Gasteiger partial charge in [-0.1, -0.05) is 13.8 Å². The maximum atomic E-state index is 12.2. The minimum atomic E-state index is -0.0391. The zero-order chi connectivity index (χ0) is 13.0. The summed E-state index contributed by atoms with van der Waals surface area (Å²) in [4.78, 5) is 16.5. The second kappa shape index (κ2) is 6.29. The predicted octanol–water partition coefficient (Wildman–Crippen LogP) is 2.10. The number of carbonyl (C=O) groups is 1. The van der Waals surface area contributed by atoms with E-state index >= 15 is 0 Å². The number of rotatable bonds is 4. The first-order chi connectivity index (χ1) is 8.70. The van der Waals surface area contributed by atoms with Crippen molar-refractivity contribution in [3.8, 4) is 0 Å². The lowest BCUT2D eigenvalue weighted by molar-refractivity contribution is -0.124. The van der Waals surface area contributed by atoms with Crippen LogP contribution >= 0.6 is 11.3 Å². The van der Waals surface area contributed by atoms with Gasteiger partial charge in [0, 0.05) is 11.6 Å². The molecule has 1 fully saturated rings. The molecule has 1 aromatic rings. The van der Waals surface area contributed by atoms with Crippen LogP contribution in [0.15, 0.2) is 11.6 Å². The third kappa shape index (κ3) is 3.29. The number of amides is 1. The standard InChI is InChI=1S/C13H21N3OS/c1-3-10(13-15-6-7-18-13)16-12(17)11-8-9(2)4-5-14-11/h6-7,9-11,14H,3-5,8H2,1-2H3,(H,16,17). The number of carbonyl (C=O) groups excluding carboxylic acids is 1. The molecule has 0 radical (unpaired) electrons. The van der Waals surface area contributed by atoms with Gasteiger partial charge < -0.3 is 10.6 Å². The lowest BCUT2D eigenvalue weighted by Crippen LogP contribution is -2.49. The molecule has 1 aromatic heterocycles. The van der Waals surface area contributed by atoms with Crippen LogP contribution in [0.3, 0.4) is 0 Å². The minimum Gasteiger partial charge on any atom is -0.346 e. The SMILES string of the molecule is CCC(NC(=O)C1CC(C)CCN1)c1nccs1. The first-order valence-electron chi connectivity index (χ1n) is 6.63.